The van der Waals surface area contributed by atoms with Crippen LogP contribution < -0.4 is 11.1 Å². The second kappa shape index (κ2) is 10.5. The highest BCUT2D eigenvalue weighted by atomic mass is 35.5. The number of nitrogens with one attached hydrogen (secondary N) is 1. The summed E-state index contributed by atoms with van der Waals surface area (Å²) in [6.45, 7) is 4.42. The number of carbonyl (C=O) groups excluding carboxylic acids is 1. The average Bonchev–Trinajstić information content (AvgIpc) is 2.57. The van der Waals surface area contributed by atoms with E-state index in [9.17, 15) is 4.79 Å². The molecule has 0 aromatic rings. The molecule has 1 fully saturated rings. The van der Waals surface area contributed by atoms with Gasteiger partial charge in [-0.1, -0.05) is 25.7 Å². The Labute approximate surface area is 123 Å². The third-order valence-electron chi connectivity index (χ3n) is 3.47. The predicted molar refractivity (Wildman–Crippen MR) is 80.6 cm³/mol. The van der Waals surface area contributed by atoms with Crippen LogP contribution in [0.5, 0.6) is 0 Å². The number of hydrogen-bond acceptors (Lipinski definition) is 3. The third-order valence-corrected chi connectivity index (χ3v) is 3.47. The molecule has 3 N–H and O–H groups in total. The van der Waals surface area contributed by atoms with Gasteiger partial charge < -0.3 is 15.8 Å². The molecule has 0 bridgehead atoms. The van der Waals surface area contributed by atoms with Gasteiger partial charge in [0.15, 0.2) is 0 Å². The molecule has 0 heterocycles. The van der Waals surface area contributed by atoms with Crippen LogP contribution >= 0.6 is 12.4 Å². The van der Waals surface area contributed by atoms with Gasteiger partial charge in [-0.15, -0.1) is 12.4 Å². The van der Waals surface area contributed by atoms with Crippen LogP contribution in [0.2, 0.25) is 0 Å². The summed E-state index contributed by atoms with van der Waals surface area (Å²) in [5, 5.41) is 2.88. The van der Waals surface area contributed by atoms with E-state index in [4.69, 9.17) is 10.5 Å². The Bertz CT molecular complexity index is 242. The molecule has 5 heteroatoms. The van der Waals surface area contributed by atoms with Crippen LogP contribution in [-0.2, 0) is 9.53 Å². The van der Waals surface area contributed by atoms with E-state index in [0.717, 1.165) is 19.3 Å². The fourth-order valence-electron chi connectivity index (χ4n) is 2.30. The van der Waals surface area contributed by atoms with E-state index in [2.05, 4.69) is 5.32 Å². The van der Waals surface area contributed by atoms with Gasteiger partial charge in [-0.05, 0) is 33.1 Å². The summed E-state index contributed by atoms with van der Waals surface area (Å²) in [5.41, 5.74) is 5.64. The van der Waals surface area contributed by atoms with Gasteiger partial charge in [-0.3, -0.25) is 4.79 Å². The topological polar surface area (TPSA) is 64.3 Å². The molecule has 19 heavy (non-hydrogen) atoms. The molecule has 1 rings (SSSR count). The van der Waals surface area contributed by atoms with Crippen molar-refractivity contribution in [2.75, 3.05) is 6.54 Å². The van der Waals surface area contributed by atoms with Gasteiger partial charge in [0.2, 0.25) is 5.91 Å². The number of amides is 1. The summed E-state index contributed by atoms with van der Waals surface area (Å²) in [4.78, 5) is 11.8. The summed E-state index contributed by atoms with van der Waals surface area (Å²) in [5.74, 6) is -0.0140. The van der Waals surface area contributed by atoms with Crippen LogP contribution in [0.15, 0.2) is 0 Å². The number of halogens is 1. The van der Waals surface area contributed by atoms with Crippen LogP contribution in [0.1, 0.15) is 58.8 Å². The van der Waals surface area contributed by atoms with Gasteiger partial charge in [-0.25, -0.2) is 0 Å². The molecule has 0 radical (unpaired) electrons. The second-order valence-corrected chi connectivity index (χ2v) is 5.45. The average molecular weight is 293 g/mol. The van der Waals surface area contributed by atoms with Crippen LogP contribution in [0.25, 0.3) is 0 Å². The van der Waals surface area contributed by atoms with Crippen LogP contribution in [-0.4, -0.2) is 30.7 Å². The molecular weight excluding hydrogens is 264 g/mol. The first-order chi connectivity index (χ1) is 8.59. The van der Waals surface area contributed by atoms with Gasteiger partial charge in [0.1, 0.15) is 6.10 Å². The van der Waals surface area contributed by atoms with Gasteiger partial charge in [0, 0.05) is 12.6 Å². The monoisotopic (exact) mass is 292 g/mol. The minimum absolute atomic E-state index is 0. The van der Waals surface area contributed by atoms with Crippen molar-refractivity contribution in [2.24, 2.45) is 5.73 Å². The Kier molecular flexibility index (Phi) is 10.3. The zero-order valence-electron chi connectivity index (χ0n) is 12.2. The van der Waals surface area contributed by atoms with E-state index in [1.165, 1.54) is 25.7 Å². The zero-order chi connectivity index (χ0) is 13.4. The first kappa shape index (κ1) is 18.7. The van der Waals surface area contributed by atoms with Crippen LogP contribution in [0, 0.1) is 0 Å². The molecule has 1 saturated carbocycles. The Morgan fingerprint density at radius 3 is 2.37 bits per heavy atom. The Hall–Kier alpha value is -0.320. The summed E-state index contributed by atoms with van der Waals surface area (Å²) < 4.78 is 5.85. The predicted octanol–water partition coefficient (Wildman–Crippen LogP) is 2.39. The minimum atomic E-state index is -0.346. The number of hydrogen-bond donors (Lipinski definition) is 2. The zero-order valence-corrected chi connectivity index (χ0v) is 13.0. The Morgan fingerprint density at radius 2 is 1.84 bits per heavy atom. The van der Waals surface area contributed by atoms with Crippen molar-refractivity contribution in [3.05, 3.63) is 0 Å². The standard InChI is InChI=1S/C14H28N2O2.ClH/c1-11(15)9-10-16-14(17)12(2)18-13-7-5-3-4-6-8-13;/h11-13H,3-10,15H2,1-2H3,(H,16,17);1H. The largest absolute Gasteiger partial charge is 0.365 e. The van der Waals surface area contributed by atoms with Gasteiger partial charge >= 0.3 is 0 Å². The van der Waals surface area contributed by atoms with E-state index in [1.54, 1.807) is 0 Å². The number of carbonyl (C=O) groups is 1. The highest BCUT2D eigenvalue weighted by molar-refractivity contribution is 5.85. The van der Waals surface area contributed by atoms with Crippen molar-refractivity contribution >= 4 is 18.3 Å². The molecule has 114 valence electrons. The molecular formula is C14H29ClN2O2. The maximum Gasteiger partial charge on any atom is 0.248 e. The maximum atomic E-state index is 11.8. The van der Waals surface area contributed by atoms with Crippen molar-refractivity contribution < 1.29 is 9.53 Å². The Balaban J connectivity index is 0.00000324. The maximum absolute atomic E-state index is 11.8. The molecule has 0 saturated heterocycles. The molecule has 0 aromatic carbocycles. The van der Waals surface area contributed by atoms with Gasteiger partial charge in [-0.2, -0.15) is 0 Å². The van der Waals surface area contributed by atoms with Gasteiger partial charge in [0.05, 0.1) is 6.10 Å². The highest BCUT2D eigenvalue weighted by Crippen LogP contribution is 2.20. The van der Waals surface area contributed by atoms with E-state index in [0.29, 0.717) is 6.54 Å². The summed E-state index contributed by atoms with van der Waals surface area (Å²) >= 11 is 0. The van der Waals surface area contributed by atoms with E-state index >= 15 is 0 Å². The summed E-state index contributed by atoms with van der Waals surface area (Å²) in [6, 6.07) is 0.128. The van der Waals surface area contributed by atoms with Crippen molar-refractivity contribution in [1.29, 1.82) is 0 Å². The van der Waals surface area contributed by atoms with Gasteiger partial charge in [0.25, 0.3) is 0 Å². The highest BCUT2D eigenvalue weighted by Gasteiger charge is 2.20. The molecule has 0 aromatic heterocycles. The fraction of sp³-hybridized carbons (Fsp3) is 0.929. The van der Waals surface area contributed by atoms with E-state index < -0.39 is 0 Å². The third kappa shape index (κ3) is 8.45. The molecule has 0 aliphatic heterocycles. The molecule has 0 spiro atoms. The smallest absolute Gasteiger partial charge is 0.248 e. The van der Waals surface area contributed by atoms with Crippen molar-refractivity contribution in [2.45, 2.75) is 77.0 Å². The first-order valence-corrected chi connectivity index (χ1v) is 7.28. The molecule has 1 aliphatic rings. The molecule has 2 unspecified atom stereocenters. The SMILES string of the molecule is CC(N)CCNC(=O)C(C)OC1CCCCCC1.Cl. The lowest BCUT2D eigenvalue weighted by Gasteiger charge is -2.20. The normalized spacial score (nSPS) is 19.9. The summed E-state index contributed by atoms with van der Waals surface area (Å²) in [7, 11) is 0. The molecule has 1 amide bonds. The van der Waals surface area contributed by atoms with Crippen molar-refractivity contribution in [1.82, 2.24) is 5.32 Å². The fourth-order valence-corrected chi connectivity index (χ4v) is 2.30. The second-order valence-electron chi connectivity index (χ2n) is 5.45. The number of rotatable bonds is 6. The minimum Gasteiger partial charge on any atom is -0.365 e. The van der Waals surface area contributed by atoms with Crippen LogP contribution in [0.3, 0.4) is 0 Å². The lowest BCUT2D eigenvalue weighted by molar-refractivity contribution is -0.135. The number of nitrogens with two attached hydrogens (primary N) is 1. The van der Waals surface area contributed by atoms with Crippen molar-refractivity contribution in [3.8, 4) is 0 Å². The first-order valence-electron chi connectivity index (χ1n) is 7.28. The van der Waals surface area contributed by atoms with Crippen molar-refractivity contribution in [3.63, 3.8) is 0 Å². The quantitative estimate of drug-likeness (QED) is 0.739. The molecule has 2 atom stereocenters. The Morgan fingerprint density at radius 1 is 1.26 bits per heavy atom. The lowest BCUT2D eigenvalue weighted by atomic mass is 10.1. The number of ether oxygens (including phenoxy) is 1. The van der Waals surface area contributed by atoms with E-state index in [-0.39, 0.29) is 36.6 Å². The molecule has 1 aliphatic carbocycles. The van der Waals surface area contributed by atoms with E-state index in [1.807, 2.05) is 13.8 Å². The summed E-state index contributed by atoms with van der Waals surface area (Å²) in [6.07, 6.45) is 7.97. The molecule has 4 nitrogen and oxygen atoms in total. The van der Waals surface area contributed by atoms with Crippen LogP contribution in [0.4, 0.5) is 0 Å². The lowest BCUT2D eigenvalue weighted by Crippen LogP contribution is -2.38.